The number of esters is 1. The van der Waals surface area contributed by atoms with E-state index in [-0.39, 0.29) is 11.4 Å². The zero-order valence-corrected chi connectivity index (χ0v) is 11.3. The van der Waals surface area contributed by atoms with E-state index < -0.39 is 11.9 Å². The van der Waals surface area contributed by atoms with Crippen molar-refractivity contribution in [1.29, 1.82) is 0 Å². The number of benzene rings is 1. The van der Waals surface area contributed by atoms with Crippen LogP contribution in [-0.2, 0) is 4.74 Å². The lowest BCUT2D eigenvalue weighted by atomic mass is 10.2. The van der Waals surface area contributed by atoms with Gasteiger partial charge in [0.2, 0.25) is 0 Å². The molecule has 1 heterocycles. The molecule has 1 amide bonds. The van der Waals surface area contributed by atoms with Gasteiger partial charge in [-0.3, -0.25) is 4.79 Å². The Hall–Kier alpha value is -2.40. The molecule has 0 bridgehead atoms. The summed E-state index contributed by atoms with van der Waals surface area (Å²) in [5.74, 6) is -1.05. The Morgan fingerprint density at radius 3 is 2.50 bits per heavy atom. The number of amides is 1. The first kappa shape index (κ1) is 14.0. The second-order valence-electron chi connectivity index (χ2n) is 3.83. The predicted octanol–water partition coefficient (Wildman–Crippen LogP) is 2.77. The molecule has 0 atom stereocenters. The predicted molar refractivity (Wildman–Crippen MR) is 75.0 cm³/mol. The summed E-state index contributed by atoms with van der Waals surface area (Å²) >= 11 is 5.95. The number of nitrogens with zero attached hydrogens (tertiary/aromatic N) is 1. The summed E-state index contributed by atoms with van der Waals surface area (Å²) in [6.07, 6.45) is 0. The van der Waals surface area contributed by atoms with Crippen LogP contribution in [0.2, 0.25) is 5.02 Å². The quantitative estimate of drug-likeness (QED) is 0.883. The van der Waals surface area contributed by atoms with E-state index in [1.165, 1.54) is 19.2 Å². The van der Waals surface area contributed by atoms with Crippen molar-refractivity contribution in [3.63, 3.8) is 0 Å². The molecule has 20 heavy (non-hydrogen) atoms. The number of nitrogens with one attached hydrogen (secondary N) is 1. The average Bonchev–Trinajstić information content (AvgIpc) is 2.49. The summed E-state index contributed by atoms with van der Waals surface area (Å²) in [7, 11) is 1.25. The van der Waals surface area contributed by atoms with E-state index in [2.05, 4.69) is 15.0 Å². The molecule has 0 aliphatic rings. The zero-order chi connectivity index (χ0) is 14.5. The third kappa shape index (κ3) is 3.13. The smallest absolute Gasteiger partial charge is 0.356 e. The molecule has 0 aliphatic heterocycles. The second-order valence-corrected chi connectivity index (χ2v) is 4.24. The SMILES string of the molecule is COC(=O)c1cccc(C(=O)Nc2ccccc2Cl)n1. The summed E-state index contributed by atoms with van der Waals surface area (Å²) in [6.45, 7) is 0. The van der Waals surface area contributed by atoms with Crippen LogP contribution in [0.4, 0.5) is 5.69 Å². The highest BCUT2D eigenvalue weighted by Gasteiger charge is 2.13. The molecule has 1 aromatic carbocycles. The normalized spacial score (nSPS) is 9.90. The van der Waals surface area contributed by atoms with Crippen molar-refractivity contribution in [3.05, 3.63) is 58.9 Å². The van der Waals surface area contributed by atoms with Crippen molar-refractivity contribution in [2.75, 3.05) is 12.4 Å². The lowest BCUT2D eigenvalue weighted by Gasteiger charge is -2.07. The maximum Gasteiger partial charge on any atom is 0.356 e. The Balaban J connectivity index is 2.22. The number of hydrogen-bond acceptors (Lipinski definition) is 4. The van der Waals surface area contributed by atoms with Crippen LogP contribution in [0.3, 0.4) is 0 Å². The Bertz CT molecular complexity index is 658. The van der Waals surface area contributed by atoms with Gasteiger partial charge in [0.05, 0.1) is 17.8 Å². The molecule has 6 heteroatoms. The van der Waals surface area contributed by atoms with Gasteiger partial charge in [0.1, 0.15) is 11.4 Å². The lowest BCUT2D eigenvalue weighted by Crippen LogP contribution is -2.16. The van der Waals surface area contributed by atoms with E-state index in [1.807, 2.05) is 0 Å². The topological polar surface area (TPSA) is 68.3 Å². The Morgan fingerprint density at radius 1 is 1.10 bits per heavy atom. The largest absolute Gasteiger partial charge is 0.464 e. The maximum atomic E-state index is 12.0. The molecule has 2 rings (SSSR count). The van der Waals surface area contributed by atoms with E-state index in [4.69, 9.17) is 11.6 Å². The number of ether oxygens (including phenoxy) is 1. The van der Waals surface area contributed by atoms with Gasteiger partial charge in [0.15, 0.2) is 0 Å². The van der Waals surface area contributed by atoms with Gasteiger partial charge in [-0.05, 0) is 24.3 Å². The molecule has 0 aliphatic carbocycles. The van der Waals surface area contributed by atoms with E-state index in [0.717, 1.165) is 0 Å². The van der Waals surface area contributed by atoms with Crippen LogP contribution in [0.5, 0.6) is 0 Å². The number of carbonyl (C=O) groups excluding carboxylic acids is 2. The van der Waals surface area contributed by atoms with Crippen LogP contribution < -0.4 is 5.32 Å². The Kier molecular flexibility index (Phi) is 4.32. The van der Waals surface area contributed by atoms with E-state index in [9.17, 15) is 9.59 Å². The molecule has 0 saturated heterocycles. The molecule has 2 aromatic rings. The highest BCUT2D eigenvalue weighted by atomic mass is 35.5. The van der Waals surface area contributed by atoms with Gasteiger partial charge in [-0.2, -0.15) is 0 Å². The molecule has 0 saturated carbocycles. The number of anilines is 1. The number of methoxy groups -OCH3 is 1. The minimum atomic E-state index is -0.600. The molecular formula is C14H11ClN2O3. The third-order valence-corrected chi connectivity index (χ3v) is 2.83. The van der Waals surface area contributed by atoms with Crippen molar-refractivity contribution < 1.29 is 14.3 Å². The van der Waals surface area contributed by atoms with Gasteiger partial charge in [0, 0.05) is 0 Å². The lowest BCUT2D eigenvalue weighted by molar-refractivity contribution is 0.0594. The van der Waals surface area contributed by atoms with Crippen LogP contribution in [0.1, 0.15) is 21.0 Å². The highest BCUT2D eigenvalue weighted by molar-refractivity contribution is 6.33. The molecule has 1 N–H and O–H groups in total. The van der Waals surface area contributed by atoms with Gasteiger partial charge in [-0.15, -0.1) is 0 Å². The fourth-order valence-electron chi connectivity index (χ4n) is 1.53. The maximum absolute atomic E-state index is 12.0. The number of carbonyl (C=O) groups is 2. The fourth-order valence-corrected chi connectivity index (χ4v) is 1.71. The molecule has 102 valence electrons. The highest BCUT2D eigenvalue weighted by Crippen LogP contribution is 2.20. The number of hydrogen-bond donors (Lipinski definition) is 1. The monoisotopic (exact) mass is 290 g/mol. The molecular weight excluding hydrogens is 280 g/mol. The van der Waals surface area contributed by atoms with Crippen molar-refractivity contribution in [3.8, 4) is 0 Å². The summed E-state index contributed by atoms with van der Waals surface area (Å²) < 4.78 is 4.55. The summed E-state index contributed by atoms with van der Waals surface area (Å²) in [5, 5.41) is 3.05. The molecule has 0 unspecified atom stereocenters. The zero-order valence-electron chi connectivity index (χ0n) is 10.6. The standard InChI is InChI=1S/C14H11ClN2O3/c1-20-14(19)12-8-4-7-11(16-12)13(18)17-10-6-3-2-5-9(10)15/h2-8H,1H3,(H,17,18). The van der Waals surface area contributed by atoms with Crippen molar-refractivity contribution >= 4 is 29.2 Å². The van der Waals surface area contributed by atoms with Gasteiger partial charge in [-0.1, -0.05) is 29.8 Å². The molecule has 0 fully saturated rings. The third-order valence-electron chi connectivity index (χ3n) is 2.50. The first-order chi connectivity index (χ1) is 9.61. The average molecular weight is 291 g/mol. The van der Waals surface area contributed by atoms with Crippen LogP contribution in [0.25, 0.3) is 0 Å². The van der Waals surface area contributed by atoms with Gasteiger partial charge >= 0.3 is 5.97 Å². The van der Waals surface area contributed by atoms with E-state index in [1.54, 1.807) is 30.3 Å². The minimum absolute atomic E-state index is 0.0688. The second kappa shape index (κ2) is 6.16. The molecule has 1 aromatic heterocycles. The van der Waals surface area contributed by atoms with Crippen LogP contribution in [0, 0.1) is 0 Å². The number of rotatable bonds is 3. The van der Waals surface area contributed by atoms with Gasteiger partial charge in [0.25, 0.3) is 5.91 Å². The number of aromatic nitrogens is 1. The summed E-state index contributed by atoms with van der Waals surface area (Å²) in [6, 6.07) is 11.4. The summed E-state index contributed by atoms with van der Waals surface area (Å²) in [4.78, 5) is 27.3. The van der Waals surface area contributed by atoms with Crippen molar-refractivity contribution in [2.45, 2.75) is 0 Å². The number of halogens is 1. The van der Waals surface area contributed by atoms with Crippen LogP contribution >= 0.6 is 11.6 Å². The Labute approximate surface area is 120 Å². The fraction of sp³-hybridized carbons (Fsp3) is 0.0714. The van der Waals surface area contributed by atoms with Gasteiger partial charge in [-0.25, -0.2) is 9.78 Å². The number of pyridine rings is 1. The molecule has 5 nitrogen and oxygen atoms in total. The van der Waals surface area contributed by atoms with E-state index in [0.29, 0.717) is 10.7 Å². The van der Waals surface area contributed by atoms with Crippen molar-refractivity contribution in [2.24, 2.45) is 0 Å². The summed E-state index contributed by atoms with van der Waals surface area (Å²) in [5.41, 5.74) is 0.650. The van der Waals surface area contributed by atoms with Gasteiger partial charge < -0.3 is 10.1 Å². The molecule has 0 radical (unpaired) electrons. The van der Waals surface area contributed by atoms with Crippen LogP contribution in [0.15, 0.2) is 42.5 Å². The molecule has 0 spiro atoms. The minimum Gasteiger partial charge on any atom is -0.464 e. The first-order valence-electron chi connectivity index (χ1n) is 5.73. The first-order valence-corrected chi connectivity index (χ1v) is 6.11. The van der Waals surface area contributed by atoms with Crippen LogP contribution in [-0.4, -0.2) is 24.0 Å². The Morgan fingerprint density at radius 2 is 1.80 bits per heavy atom. The number of para-hydroxylation sites is 1. The van der Waals surface area contributed by atoms with Crippen molar-refractivity contribution in [1.82, 2.24) is 4.98 Å². The van der Waals surface area contributed by atoms with E-state index >= 15 is 0 Å².